The van der Waals surface area contributed by atoms with Crippen LogP contribution in [0.25, 0.3) is 0 Å². The molecule has 0 unspecified atom stereocenters. The van der Waals surface area contributed by atoms with Crippen LogP contribution in [0.1, 0.15) is 0 Å². The predicted molar refractivity (Wildman–Crippen MR) is 113 cm³/mol. The monoisotopic (exact) mass is 488 g/mol. The van der Waals surface area contributed by atoms with Crippen LogP contribution in [0.5, 0.6) is 0 Å². The quantitative estimate of drug-likeness (QED) is 0.348. The van der Waals surface area contributed by atoms with Crippen molar-refractivity contribution >= 4 is 46.5 Å². The molecule has 2 aromatic heterocycles. The van der Waals surface area contributed by atoms with Gasteiger partial charge in [0.05, 0.1) is 36.3 Å². The molecule has 0 radical (unpaired) electrons. The summed E-state index contributed by atoms with van der Waals surface area (Å²) in [6.07, 6.45) is 2.25. The molecular weight excluding hydrogens is 471 g/mol. The van der Waals surface area contributed by atoms with Crippen molar-refractivity contribution in [3.63, 3.8) is 0 Å². The maximum absolute atomic E-state index is 10.5. The molecule has 2 saturated heterocycles. The highest BCUT2D eigenvalue weighted by Crippen LogP contribution is 2.24. The number of hydrogen-bond donors (Lipinski definition) is 0. The second-order valence-electron chi connectivity index (χ2n) is 6.41. The summed E-state index contributed by atoms with van der Waals surface area (Å²) in [4.78, 5) is 39.2. The number of rotatable bonds is 4. The average Bonchev–Trinajstić information content (AvgIpc) is 2.80. The molecule has 0 aromatic carbocycles. The van der Waals surface area contributed by atoms with Crippen LogP contribution in [0.3, 0.4) is 0 Å². The van der Waals surface area contributed by atoms with Crippen LogP contribution in [0.2, 0.25) is 10.3 Å². The molecule has 2 fully saturated rings. The highest BCUT2D eigenvalue weighted by molar-refractivity contribution is 6.31. The normalized spacial score (nSPS) is 16.2. The van der Waals surface area contributed by atoms with Gasteiger partial charge in [0.25, 0.3) is 0 Å². The van der Waals surface area contributed by atoms with E-state index in [1.165, 1.54) is 0 Å². The fraction of sp³-hybridized carbons (Fsp3) is 0.500. The van der Waals surface area contributed by atoms with E-state index in [1.54, 1.807) is 0 Å². The standard InChI is InChI=1S/2C8H9ClN4O3/c2*9-7-6(13(14)15)5-10-8(11-7)12-1-3-16-4-2-12/h2*5H,1-4H2. The van der Waals surface area contributed by atoms with Crippen LogP contribution in [0.4, 0.5) is 23.3 Å². The fourth-order valence-corrected chi connectivity index (χ4v) is 3.16. The molecule has 32 heavy (non-hydrogen) atoms. The molecule has 0 saturated carbocycles. The van der Waals surface area contributed by atoms with E-state index in [0.29, 0.717) is 64.5 Å². The van der Waals surface area contributed by atoms with Crippen molar-refractivity contribution in [3.8, 4) is 0 Å². The van der Waals surface area contributed by atoms with E-state index in [-0.39, 0.29) is 21.7 Å². The number of anilines is 2. The third kappa shape index (κ3) is 6.06. The second-order valence-corrected chi connectivity index (χ2v) is 7.12. The van der Waals surface area contributed by atoms with Gasteiger partial charge in [-0.1, -0.05) is 23.2 Å². The van der Waals surface area contributed by atoms with Gasteiger partial charge < -0.3 is 19.3 Å². The highest BCUT2D eigenvalue weighted by atomic mass is 35.5. The van der Waals surface area contributed by atoms with Crippen LogP contribution < -0.4 is 9.80 Å². The Morgan fingerprint density at radius 2 is 1.09 bits per heavy atom. The van der Waals surface area contributed by atoms with E-state index in [1.807, 2.05) is 9.80 Å². The molecule has 0 bridgehead atoms. The summed E-state index contributed by atoms with van der Waals surface area (Å²) >= 11 is 11.4. The van der Waals surface area contributed by atoms with Gasteiger partial charge in [0, 0.05) is 26.2 Å². The molecule has 0 atom stereocenters. The Balaban J connectivity index is 0.000000181. The predicted octanol–water partition coefficient (Wildman–Crippen LogP) is 1.75. The van der Waals surface area contributed by atoms with Crippen LogP contribution in [-0.2, 0) is 9.47 Å². The number of hydrogen-bond acceptors (Lipinski definition) is 12. The van der Waals surface area contributed by atoms with Gasteiger partial charge in [0.1, 0.15) is 12.4 Å². The minimum absolute atomic E-state index is 0.138. The Bertz CT molecular complexity index is 894. The average molecular weight is 489 g/mol. The van der Waals surface area contributed by atoms with Gasteiger partial charge in [-0.15, -0.1) is 0 Å². The van der Waals surface area contributed by atoms with Crippen LogP contribution in [0, 0.1) is 20.2 Å². The zero-order chi connectivity index (χ0) is 23.1. The van der Waals surface area contributed by atoms with E-state index < -0.39 is 9.85 Å². The fourth-order valence-electron chi connectivity index (χ4n) is 2.77. The molecule has 4 rings (SSSR count). The Kier molecular flexibility index (Phi) is 8.21. The number of nitro groups is 2. The van der Waals surface area contributed by atoms with Gasteiger partial charge in [-0.2, -0.15) is 9.97 Å². The lowest BCUT2D eigenvalue weighted by molar-refractivity contribution is -0.385. The zero-order valence-electron chi connectivity index (χ0n) is 16.6. The van der Waals surface area contributed by atoms with Crippen molar-refractivity contribution in [1.29, 1.82) is 0 Å². The molecule has 2 aliphatic heterocycles. The summed E-state index contributed by atoms with van der Waals surface area (Å²) < 4.78 is 10.3. The minimum atomic E-state index is -0.606. The van der Waals surface area contributed by atoms with Crippen molar-refractivity contribution in [3.05, 3.63) is 42.9 Å². The van der Waals surface area contributed by atoms with Crippen LogP contribution in [-0.4, -0.2) is 82.4 Å². The Morgan fingerprint density at radius 1 is 0.750 bits per heavy atom. The maximum atomic E-state index is 10.5. The summed E-state index contributed by atoms with van der Waals surface area (Å²) in [5.74, 6) is 0.804. The van der Waals surface area contributed by atoms with Crippen molar-refractivity contribution in [2.75, 3.05) is 62.4 Å². The van der Waals surface area contributed by atoms with Gasteiger partial charge in [0.2, 0.25) is 22.2 Å². The Hall–Kier alpha value is -2.94. The van der Waals surface area contributed by atoms with Crippen molar-refractivity contribution in [1.82, 2.24) is 19.9 Å². The molecule has 172 valence electrons. The molecular formula is C16H18Cl2N8O6. The first-order valence-corrected chi connectivity index (χ1v) is 10.1. The van der Waals surface area contributed by atoms with E-state index in [0.717, 1.165) is 12.4 Å². The SMILES string of the molecule is O=[N+]([O-])c1cnc(N2CCOCC2)nc1Cl.O=[N+]([O-])c1cnc(N2CCOCC2)nc1Cl. The topological polar surface area (TPSA) is 163 Å². The number of halogens is 2. The summed E-state index contributed by atoms with van der Waals surface area (Å²) in [5, 5.41) is 20.8. The molecule has 14 nitrogen and oxygen atoms in total. The van der Waals surface area contributed by atoms with E-state index in [2.05, 4.69) is 19.9 Å². The lowest BCUT2D eigenvalue weighted by Gasteiger charge is -2.26. The van der Waals surface area contributed by atoms with E-state index >= 15 is 0 Å². The summed E-state index contributed by atoms with van der Waals surface area (Å²) in [5.41, 5.74) is -0.558. The van der Waals surface area contributed by atoms with Gasteiger partial charge in [-0.25, -0.2) is 9.97 Å². The molecule has 0 amide bonds. The Morgan fingerprint density at radius 3 is 1.38 bits per heavy atom. The molecule has 2 aliphatic rings. The molecule has 2 aromatic rings. The lowest BCUT2D eigenvalue weighted by Crippen LogP contribution is -2.37. The number of aromatic nitrogens is 4. The number of nitrogens with zero attached hydrogens (tertiary/aromatic N) is 8. The van der Waals surface area contributed by atoms with Gasteiger partial charge >= 0.3 is 11.4 Å². The van der Waals surface area contributed by atoms with Gasteiger partial charge in [0.15, 0.2) is 0 Å². The lowest BCUT2D eigenvalue weighted by atomic mass is 10.4. The summed E-state index contributed by atoms with van der Waals surface area (Å²) in [7, 11) is 0. The smallest absolute Gasteiger partial charge is 0.324 e. The van der Waals surface area contributed by atoms with Gasteiger partial charge in [-0.05, 0) is 0 Å². The summed E-state index contributed by atoms with van der Waals surface area (Å²) in [6.45, 7) is 5.02. The minimum Gasteiger partial charge on any atom is -0.378 e. The number of morpholine rings is 2. The molecule has 4 heterocycles. The molecule has 16 heteroatoms. The first-order chi connectivity index (χ1) is 15.4. The van der Waals surface area contributed by atoms with Crippen LogP contribution >= 0.6 is 23.2 Å². The van der Waals surface area contributed by atoms with E-state index in [9.17, 15) is 20.2 Å². The highest BCUT2D eigenvalue weighted by Gasteiger charge is 2.20. The number of ether oxygens (including phenoxy) is 2. The van der Waals surface area contributed by atoms with Crippen molar-refractivity contribution in [2.24, 2.45) is 0 Å². The largest absolute Gasteiger partial charge is 0.378 e. The Labute approximate surface area is 191 Å². The first kappa shape index (κ1) is 23.7. The maximum Gasteiger partial charge on any atom is 0.324 e. The molecule has 0 N–H and O–H groups in total. The molecule has 0 aliphatic carbocycles. The van der Waals surface area contributed by atoms with Crippen LogP contribution in [0.15, 0.2) is 12.4 Å². The zero-order valence-corrected chi connectivity index (χ0v) is 18.1. The second kappa shape index (κ2) is 11.1. The van der Waals surface area contributed by atoms with Crippen molar-refractivity contribution in [2.45, 2.75) is 0 Å². The van der Waals surface area contributed by atoms with E-state index in [4.69, 9.17) is 32.7 Å². The molecule has 0 spiro atoms. The third-order valence-electron chi connectivity index (χ3n) is 4.40. The third-order valence-corrected chi connectivity index (χ3v) is 4.96. The summed E-state index contributed by atoms with van der Waals surface area (Å²) in [6, 6.07) is 0. The first-order valence-electron chi connectivity index (χ1n) is 9.36. The van der Waals surface area contributed by atoms with Gasteiger partial charge in [-0.3, -0.25) is 20.2 Å². The van der Waals surface area contributed by atoms with Crippen molar-refractivity contribution < 1.29 is 19.3 Å².